The van der Waals surface area contributed by atoms with Crippen LogP contribution in [-0.4, -0.2) is 30.3 Å². The van der Waals surface area contributed by atoms with E-state index in [0.717, 1.165) is 42.7 Å². The smallest absolute Gasteiger partial charge is 0.319 e. The largest absolute Gasteiger partial charge is 0.393 e. The second-order valence-corrected chi connectivity index (χ2v) is 7.51. The molecule has 0 spiro atoms. The Bertz CT molecular complexity index is 798. The van der Waals surface area contributed by atoms with Gasteiger partial charge in [-0.25, -0.2) is 4.79 Å². The third-order valence-electron chi connectivity index (χ3n) is 5.57. The maximum absolute atomic E-state index is 12.3. The van der Waals surface area contributed by atoms with Crippen LogP contribution in [0, 0.1) is 0 Å². The first-order chi connectivity index (χ1) is 13.2. The molecule has 5 heteroatoms. The number of aliphatic hydroxyl groups is 1. The third-order valence-corrected chi connectivity index (χ3v) is 5.57. The minimum Gasteiger partial charge on any atom is -0.393 e. The second kappa shape index (κ2) is 8.01. The number of fused-ring (bicyclic) bond motifs is 1. The van der Waals surface area contributed by atoms with Crippen molar-refractivity contribution in [1.82, 2.24) is 5.32 Å². The Hall–Kier alpha value is -2.53. The molecule has 1 fully saturated rings. The number of carbonyl (C=O) groups is 1. The highest BCUT2D eigenvalue weighted by atomic mass is 16.3. The number of carbonyl (C=O) groups excluding carboxylic acids is 1. The van der Waals surface area contributed by atoms with Crippen LogP contribution < -0.4 is 15.5 Å². The molecular formula is C22H27N3O2. The van der Waals surface area contributed by atoms with E-state index >= 15 is 0 Å². The van der Waals surface area contributed by atoms with E-state index in [2.05, 4.69) is 45.9 Å². The summed E-state index contributed by atoms with van der Waals surface area (Å²) in [6.45, 7) is 2.76. The van der Waals surface area contributed by atoms with E-state index < -0.39 is 0 Å². The number of amides is 2. The van der Waals surface area contributed by atoms with Gasteiger partial charge in [0.1, 0.15) is 0 Å². The highest BCUT2D eigenvalue weighted by Gasteiger charge is 2.20. The molecule has 1 saturated heterocycles. The number of aliphatic hydroxyl groups excluding tert-OH is 1. The van der Waals surface area contributed by atoms with Crippen molar-refractivity contribution >= 4 is 17.4 Å². The molecule has 0 aromatic heterocycles. The number of nitrogens with zero attached hydrogens (tertiary/aromatic N) is 1. The number of aryl methyl sites for hydroxylation is 1. The van der Waals surface area contributed by atoms with E-state index in [9.17, 15) is 9.90 Å². The van der Waals surface area contributed by atoms with Gasteiger partial charge in [0.05, 0.1) is 6.10 Å². The molecule has 1 heterocycles. The summed E-state index contributed by atoms with van der Waals surface area (Å²) in [5, 5.41) is 15.8. The minimum atomic E-state index is -0.322. The van der Waals surface area contributed by atoms with E-state index in [4.69, 9.17) is 0 Å². The van der Waals surface area contributed by atoms with Crippen LogP contribution >= 0.6 is 0 Å². The van der Waals surface area contributed by atoms with Crippen molar-refractivity contribution in [3.8, 4) is 0 Å². The maximum atomic E-state index is 12.3. The fraction of sp³-hybridized carbons (Fsp3) is 0.409. The van der Waals surface area contributed by atoms with E-state index in [1.165, 1.54) is 24.1 Å². The SMILES string of the molecule is O=C(NCc1ccc(N2CCCC2)cc1)Nc1cccc2c1CC(O)CC2. The predicted octanol–water partition coefficient (Wildman–Crippen LogP) is 3.46. The molecule has 5 nitrogen and oxygen atoms in total. The van der Waals surface area contributed by atoms with Gasteiger partial charge in [-0.15, -0.1) is 0 Å². The summed E-state index contributed by atoms with van der Waals surface area (Å²) in [5.41, 5.74) is 5.42. The first-order valence-electron chi connectivity index (χ1n) is 9.86. The number of hydrogen-bond acceptors (Lipinski definition) is 3. The lowest BCUT2D eigenvalue weighted by Crippen LogP contribution is -2.29. The summed E-state index contributed by atoms with van der Waals surface area (Å²) >= 11 is 0. The summed E-state index contributed by atoms with van der Waals surface area (Å²) < 4.78 is 0. The molecule has 2 aliphatic rings. The number of hydrogen-bond donors (Lipinski definition) is 3. The van der Waals surface area contributed by atoms with Gasteiger partial charge in [-0.05, 0) is 60.6 Å². The molecule has 0 bridgehead atoms. The van der Waals surface area contributed by atoms with Gasteiger partial charge in [-0.3, -0.25) is 0 Å². The number of nitrogens with one attached hydrogen (secondary N) is 2. The maximum Gasteiger partial charge on any atom is 0.319 e. The Kier molecular flexibility index (Phi) is 5.30. The molecule has 3 N–H and O–H groups in total. The van der Waals surface area contributed by atoms with Gasteiger partial charge in [-0.1, -0.05) is 24.3 Å². The van der Waals surface area contributed by atoms with Crippen LogP contribution in [0.5, 0.6) is 0 Å². The monoisotopic (exact) mass is 365 g/mol. The molecule has 4 rings (SSSR count). The molecule has 1 unspecified atom stereocenters. The van der Waals surface area contributed by atoms with Gasteiger partial charge in [0.2, 0.25) is 0 Å². The molecule has 1 aliphatic heterocycles. The Morgan fingerprint density at radius 1 is 1.11 bits per heavy atom. The Morgan fingerprint density at radius 3 is 2.67 bits per heavy atom. The van der Waals surface area contributed by atoms with Crippen LogP contribution in [0.4, 0.5) is 16.2 Å². The number of rotatable bonds is 4. The lowest BCUT2D eigenvalue weighted by atomic mass is 9.88. The third kappa shape index (κ3) is 4.25. The lowest BCUT2D eigenvalue weighted by molar-refractivity contribution is 0.159. The van der Waals surface area contributed by atoms with Crippen LogP contribution in [-0.2, 0) is 19.4 Å². The van der Waals surface area contributed by atoms with Crippen molar-refractivity contribution in [2.75, 3.05) is 23.3 Å². The zero-order valence-corrected chi connectivity index (χ0v) is 15.6. The van der Waals surface area contributed by atoms with Crippen LogP contribution in [0.1, 0.15) is 36.0 Å². The Balaban J connectivity index is 1.34. The first kappa shape index (κ1) is 17.9. The summed E-state index contributed by atoms with van der Waals surface area (Å²) in [5.74, 6) is 0. The topological polar surface area (TPSA) is 64.6 Å². The quantitative estimate of drug-likeness (QED) is 0.777. The molecule has 1 atom stereocenters. The molecular weight excluding hydrogens is 338 g/mol. The van der Waals surface area contributed by atoms with Crippen molar-refractivity contribution in [3.63, 3.8) is 0 Å². The molecule has 0 saturated carbocycles. The molecule has 2 aromatic rings. The van der Waals surface area contributed by atoms with Gasteiger partial charge < -0.3 is 20.6 Å². The fourth-order valence-electron chi connectivity index (χ4n) is 4.04. The highest BCUT2D eigenvalue weighted by Crippen LogP contribution is 2.28. The summed E-state index contributed by atoms with van der Waals surface area (Å²) in [6, 6.07) is 14.1. The van der Waals surface area contributed by atoms with E-state index in [1.54, 1.807) is 0 Å². The normalized spacial score (nSPS) is 18.9. The van der Waals surface area contributed by atoms with Crippen molar-refractivity contribution in [3.05, 3.63) is 59.2 Å². The molecule has 0 radical (unpaired) electrons. The highest BCUT2D eigenvalue weighted by molar-refractivity contribution is 5.90. The van der Waals surface area contributed by atoms with Crippen LogP contribution in [0.2, 0.25) is 0 Å². The van der Waals surface area contributed by atoms with Crippen molar-refractivity contribution in [2.45, 2.75) is 44.8 Å². The van der Waals surface area contributed by atoms with Crippen LogP contribution in [0.25, 0.3) is 0 Å². The summed E-state index contributed by atoms with van der Waals surface area (Å²) in [7, 11) is 0. The van der Waals surface area contributed by atoms with Gasteiger partial charge >= 0.3 is 6.03 Å². The summed E-state index contributed by atoms with van der Waals surface area (Å²) in [6.07, 6.45) is 4.46. The Morgan fingerprint density at radius 2 is 1.89 bits per heavy atom. The van der Waals surface area contributed by atoms with E-state index in [-0.39, 0.29) is 12.1 Å². The lowest BCUT2D eigenvalue weighted by Gasteiger charge is -2.23. The molecule has 2 amide bonds. The number of benzene rings is 2. The van der Waals surface area contributed by atoms with Gasteiger partial charge in [0.15, 0.2) is 0 Å². The zero-order chi connectivity index (χ0) is 18.6. The zero-order valence-electron chi connectivity index (χ0n) is 15.6. The van der Waals surface area contributed by atoms with Crippen molar-refractivity contribution < 1.29 is 9.90 Å². The number of anilines is 2. The summed E-state index contributed by atoms with van der Waals surface area (Å²) in [4.78, 5) is 14.7. The standard InChI is InChI=1S/C22H27N3O2/c26-19-11-8-17-4-3-5-21(20(17)14-19)24-22(27)23-15-16-6-9-18(10-7-16)25-12-1-2-13-25/h3-7,9-10,19,26H,1-2,8,11-15H2,(H2,23,24,27). The van der Waals surface area contributed by atoms with Crippen molar-refractivity contribution in [1.29, 1.82) is 0 Å². The number of urea groups is 1. The van der Waals surface area contributed by atoms with Gasteiger partial charge in [0.25, 0.3) is 0 Å². The molecule has 2 aromatic carbocycles. The molecule has 142 valence electrons. The first-order valence-corrected chi connectivity index (χ1v) is 9.86. The van der Waals surface area contributed by atoms with Gasteiger partial charge in [0, 0.05) is 37.4 Å². The Labute approximate surface area is 160 Å². The van der Waals surface area contributed by atoms with Crippen LogP contribution in [0.15, 0.2) is 42.5 Å². The van der Waals surface area contributed by atoms with Crippen molar-refractivity contribution in [2.24, 2.45) is 0 Å². The van der Waals surface area contributed by atoms with Crippen LogP contribution in [0.3, 0.4) is 0 Å². The van der Waals surface area contributed by atoms with E-state index in [1.807, 2.05) is 12.1 Å². The van der Waals surface area contributed by atoms with Gasteiger partial charge in [-0.2, -0.15) is 0 Å². The fourth-order valence-corrected chi connectivity index (χ4v) is 4.04. The average molecular weight is 365 g/mol. The molecule has 1 aliphatic carbocycles. The van der Waals surface area contributed by atoms with E-state index in [0.29, 0.717) is 13.0 Å². The predicted molar refractivity (Wildman–Crippen MR) is 108 cm³/mol. The minimum absolute atomic E-state index is 0.216. The molecule has 27 heavy (non-hydrogen) atoms. The second-order valence-electron chi connectivity index (χ2n) is 7.51. The average Bonchev–Trinajstić information content (AvgIpc) is 3.22.